The normalized spacial score (nSPS) is 19.4. The molecule has 1 amide bonds. The van der Waals surface area contributed by atoms with Crippen molar-refractivity contribution in [1.29, 1.82) is 0 Å². The Hall–Kier alpha value is -1.78. The standard InChI is InChI=1S/C12H18N4O/c1-9(17)14-6-10-4-5-16(8-10)12-3-2-11(13)7-15-12/h2-3,7,10H,4-6,8,13H2,1H3,(H,14,17). The fraction of sp³-hybridized carbons (Fsp3) is 0.500. The van der Waals surface area contributed by atoms with Gasteiger partial charge in [0.15, 0.2) is 0 Å². The maximum Gasteiger partial charge on any atom is 0.216 e. The lowest BCUT2D eigenvalue weighted by atomic mass is 10.1. The third kappa shape index (κ3) is 3.09. The van der Waals surface area contributed by atoms with Crippen molar-refractivity contribution in [3.8, 4) is 0 Å². The van der Waals surface area contributed by atoms with Crippen LogP contribution in [0.4, 0.5) is 11.5 Å². The molecular formula is C12H18N4O. The highest BCUT2D eigenvalue weighted by molar-refractivity contribution is 5.72. The van der Waals surface area contributed by atoms with Gasteiger partial charge in [-0.1, -0.05) is 0 Å². The van der Waals surface area contributed by atoms with Crippen LogP contribution in [-0.2, 0) is 4.79 Å². The monoisotopic (exact) mass is 234 g/mol. The number of carbonyl (C=O) groups is 1. The molecule has 0 radical (unpaired) electrons. The van der Waals surface area contributed by atoms with E-state index in [1.807, 2.05) is 12.1 Å². The SMILES string of the molecule is CC(=O)NCC1CCN(c2ccc(N)cn2)C1. The molecule has 0 bridgehead atoms. The maximum atomic E-state index is 10.8. The van der Waals surface area contributed by atoms with Crippen LogP contribution in [0.5, 0.6) is 0 Å². The number of nitrogens with zero attached hydrogens (tertiary/aromatic N) is 2. The quantitative estimate of drug-likeness (QED) is 0.804. The minimum Gasteiger partial charge on any atom is -0.397 e. The van der Waals surface area contributed by atoms with Crippen molar-refractivity contribution in [3.05, 3.63) is 18.3 Å². The molecule has 1 aliphatic rings. The van der Waals surface area contributed by atoms with Gasteiger partial charge < -0.3 is 16.0 Å². The highest BCUT2D eigenvalue weighted by Crippen LogP contribution is 2.21. The van der Waals surface area contributed by atoms with Crippen LogP contribution in [0.3, 0.4) is 0 Å². The molecule has 1 fully saturated rings. The van der Waals surface area contributed by atoms with Crippen LogP contribution >= 0.6 is 0 Å². The van der Waals surface area contributed by atoms with Gasteiger partial charge in [-0.05, 0) is 24.5 Å². The van der Waals surface area contributed by atoms with Crippen molar-refractivity contribution >= 4 is 17.4 Å². The zero-order valence-electron chi connectivity index (χ0n) is 10.0. The van der Waals surface area contributed by atoms with Gasteiger partial charge in [-0.2, -0.15) is 0 Å². The van der Waals surface area contributed by atoms with E-state index in [1.165, 1.54) is 0 Å². The third-order valence-electron chi connectivity index (χ3n) is 3.02. The molecule has 0 saturated carbocycles. The minimum atomic E-state index is 0.0362. The van der Waals surface area contributed by atoms with E-state index >= 15 is 0 Å². The van der Waals surface area contributed by atoms with Gasteiger partial charge in [0.1, 0.15) is 5.82 Å². The molecule has 1 aliphatic heterocycles. The number of anilines is 2. The zero-order chi connectivity index (χ0) is 12.3. The molecule has 2 heterocycles. The molecule has 0 aliphatic carbocycles. The number of amides is 1. The first-order valence-corrected chi connectivity index (χ1v) is 5.86. The smallest absolute Gasteiger partial charge is 0.216 e. The number of hydrogen-bond donors (Lipinski definition) is 2. The molecule has 5 heteroatoms. The Labute approximate surface area is 101 Å². The van der Waals surface area contributed by atoms with E-state index in [1.54, 1.807) is 13.1 Å². The molecule has 1 aromatic rings. The van der Waals surface area contributed by atoms with Crippen LogP contribution in [0.2, 0.25) is 0 Å². The van der Waals surface area contributed by atoms with E-state index in [0.717, 1.165) is 31.9 Å². The molecule has 1 saturated heterocycles. The van der Waals surface area contributed by atoms with Crippen molar-refractivity contribution in [3.63, 3.8) is 0 Å². The Morgan fingerprint density at radius 2 is 2.47 bits per heavy atom. The molecule has 1 atom stereocenters. The van der Waals surface area contributed by atoms with Crippen LogP contribution in [0.1, 0.15) is 13.3 Å². The summed E-state index contributed by atoms with van der Waals surface area (Å²) in [6, 6.07) is 3.81. The molecule has 3 N–H and O–H groups in total. The summed E-state index contributed by atoms with van der Waals surface area (Å²) in [5.41, 5.74) is 6.29. The Morgan fingerprint density at radius 3 is 3.12 bits per heavy atom. The number of rotatable bonds is 3. The first kappa shape index (κ1) is 11.7. The predicted molar refractivity (Wildman–Crippen MR) is 67.7 cm³/mol. The molecule has 92 valence electrons. The summed E-state index contributed by atoms with van der Waals surface area (Å²) in [4.78, 5) is 17.4. The van der Waals surface area contributed by atoms with Crippen LogP contribution in [0.15, 0.2) is 18.3 Å². The number of aromatic nitrogens is 1. The van der Waals surface area contributed by atoms with E-state index in [4.69, 9.17) is 5.73 Å². The molecule has 5 nitrogen and oxygen atoms in total. The average molecular weight is 234 g/mol. The Balaban J connectivity index is 1.89. The summed E-state index contributed by atoms with van der Waals surface area (Å²) < 4.78 is 0. The lowest BCUT2D eigenvalue weighted by molar-refractivity contribution is -0.119. The average Bonchev–Trinajstić information content (AvgIpc) is 2.76. The van der Waals surface area contributed by atoms with E-state index in [0.29, 0.717) is 11.6 Å². The van der Waals surface area contributed by atoms with Crippen LogP contribution < -0.4 is 16.0 Å². The number of pyridine rings is 1. The van der Waals surface area contributed by atoms with Crippen molar-refractivity contribution in [2.45, 2.75) is 13.3 Å². The number of nitrogen functional groups attached to an aromatic ring is 1. The van der Waals surface area contributed by atoms with E-state index in [-0.39, 0.29) is 5.91 Å². The van der Waals surface area contributed by atoms with Crippen molar-refractivity contribution in [2.24, 2.45) is 5.92 Å². The van der Waals surface area contributed by atoms with Crippen LogP contribution in [-0.4, -0.2) is 30.5 Å². The molecule has 1 unspecified atom stereocenters. The summed E-state index contributed by atoms with van der Waals surface area (Å²) in [5, 5.41) is 2.86. The summed E-state index contributed by atoms with van der Waals surface area (Å²) in [5.74, 6) is 1.51. The largest absolute Gasteiger partial charge is 0.397 e. The van der Waals surface area contributed by atoms with E-state index in [9.17, 15) is 4.79 Å². The van der Waals surface area contributed by atoms with Gasteiger partial charge in [-0.15, -0.1) is 0 Å². The van der Waals surface area contributed by atoms with Gasteiger partial charge in [0, 0.05) is 26.6 Å². The van der Waals surface area contributed by atoms with Crippen molar-refractivity contribution in [2.75, 3.05) is 30.3 Å². The van der Waals surface area contributed by atoms with Crippen molar-refractivity contribution < 1.29 is 4.79 Å². The lowest BCUT2D eigenvalue weighted by Crippen LogP contribution is -2.29. The number of carbonyl (C=O) groups excluding carboxylic acids is 1. The fourth-order valence-corrected chi connectivity index (χ4v) is 2.08. The summed E-state index contributed by atoms with van der Waals surface area (Å²) in [7, 11) is 0. The van der Waals surface area contributed by atoms with E-state index < -0.39 is 0 Å². The van der Waals surface area contributed by atoms with Crippen LogP contribution in [0.25, 0.3) is 0 Å². The molecule has 17 heavy (non-hydrogen) atoms. The molecule has 2 rings (SSSR count). The molecule has 1 aromatic heterocycles. The second-order valence-corrected chi connectivity index (χ2v) is 4.49. The fourth-order valence-electron chi connectivity index (χ4n) is 2.08. The first-order valence-electron chi connectivity index (χ1n) is 5.86. The highest BCUT2D eigenvalue weighted by atomic mass is 16.1. The third-order valence-corrected chi connectivity index (χ3v) is 3.02. The van der Waals surface area contributed by atoms with Gasteiger partial charge in [0.2, 0.25) is 5.91 Å². The number of nitrogens with two attached hydrogens (primary N) is 1. The lowest BCUT2D eigenvalue weighted by Gasteiger charge is -2.17. The number of hydrogen-bond acceptors (Lipinski definition) is 4. The first-order chi connectivity index (χ1) is 8.15. The van der Waals surface area contributed by atoms with Gasteiger partial charge >= 0.3 is 0 Å². The number of nitrogens with one attached hydrogen (secondary N) is 1. The molecular weight excluding hydrogens is 216 g/mol. The second kappa shape index (κ2) is 5.03. The summed E-state index contributed by atoms with van der Waals surface area (Å²) >= 11 is 0. The Bertz CT molecular complexity index is 390. The van der Waals surface area contributed by atoms with Crippen molar-refractivity contribution in [1.82, 2.24) is 10.3 Å². The second-order valence-electron chi connectivity index (χ2n) is 4.49. The summed E-state index contributed by atoms with van der Waals surface area (Å²) in [6.45, 7) is 4.23. The predicted octanol–water partition coefficient (Wildman–Crippen LogP) is 0.626. The van der Waals surface area contributed by atoms with E-state index in [2.05, 4.69) is 15.2 Å². The van der Waals surface area contributed by atoms with Crippen LogP contribution in [0, 0.1) is 5.92 Å². The minimum absolute atomic E-state index is 0.0362. The van der Waals surface area contributed by atoms with Gasteiger partial charge in [0.25, 0.3) is 0 Å². The Morgan fingerprint density at radius 1 is 1.65 bits per heavy atom. The topological polar surface area (TPSA) is 71.2 Å². The zero-order valence-corrected chi connectivity index (χ0v) is 10.0. The molecule has 0 spiro atoms. The Kier molecular flexibility index (Phi) is 3.46. The highest BCUT2D eigenvalue weighted by Gasteiger charge is 2.23. The maximum absolute atomic E-state index is 10.8. The summed E-state index contributed by atoms with van der Waals surface area (Å²) in [6.07, 6.45) is 2.77. The van der Waals surface area contributed by atoms with Gasteiger partial charge in [-0.3, -0.25) is 4.79 Å². The molecule has 0 aromatic carbocycles. The van der Waals surface area contributed by atoms with Gasteiger partial charge in [-0.25, -0.2) is 4.98 Å². The van der Waals surface area contributed by atoms with Gasteiger partial charge in [0.05, 0.1) is 11.9 Å².